The molecule has 6 nitrogen and oxygen atoms in total. The third kappa shape index (κ3) is 2.52. The van der Waals surface area contributed by atoms with Crippen LogP contribution in [-0.4, -0.2) is 20.4 Å². The first-order valence-corrected chi connectivity index (χ1v) is 6.03. The SMILES string of the molecule is CNS(=O)(=O)c1cc([N+](=O)[O-])ccc1Br. The summed E-state index contributed by atoms with van der Waals surface area (Å²) in [5.41, 5.74) is -0.271. The van der Waals surface area contributed by atoms with Gasteiger partial charge < -0.3 is 0 Å². The summed E-state index contributed by atoms with van der Waals surface area (Å²) in [4.78, 5) is 9.65. The van der Waals surface area contributed by atoms with Gasteiger partial charge in [-0.2, -0.15) is 0 Å². The first-order valence-electron chi connectivity index (χ1n) is 3.76. The van der Waals surface area contributed by atoms with E-state index in [0.29, 0.717) is 0 Å². The molecule has 0 atom stereocenters. The Bertz CT molecular complexity index is 500. The molecular formula is C7H7BrN2O4S. The van der Waals surface area contributed by atoms with Gasteiger partial charge in [0.25, 0.3) is 5.69 Å². The van der Waals surface area contributed by atoms with Crippen molar-refractivity contribution >= 4 is 31.6 Å². The van der Waals surface area contributed by atoms with E-state index >= 15 is 0 Å². The van der Waals surface area contributed by atoms with Gasteiger partial charge >= 0.3 is 0 Å². The fraction of sp³-hybridized carbons (Fsp3) is 0.143. The highest BCUT2D eigenvalue weighted by Crippen LogP contribution is 2.26. The van der Waals surface area contributed by atoms with Crippen molar-refractivity contribution in [1.82, 2.24) is 4.72 Å². The van der Waals surface area contributed by atoms with E-state index in [2.05, 4.69) is 20.7 Å². The number of halogens is 1. The Hall–Kier alpha value is -0.990. The van der Waals surface area contributed by atoms with E-state index in [1.54, 1.807) is 0 Å². The predicted molar refractivity (Wildman–Crippen MR) is 57.0 cm³/mol. The van der Waals surface area contributed by atoms with Crippen molar-refractivity contribution in [3.8, 4) is 0 Å². The monoisotopic (exact) mass is 294 g/mol. The van der Waals surface area contributed by atoms with Crippen LogP contribution in [0, 0.1) is 10.1 Å². The topological polar surface area (TPSA) is 89.3 Å². The zero-order valence-corrected chi connectivity index (χ0v) is 10.0. The van der Waals surface area contributed by atoms with Gasteiger partial charge in [0.05, 0.1) is 4.92 Å². The molecule has 1 N–H and O–H groups in total. The Balaban J connectivity index is 3.42. The number of rotatable bonds is 3. The van der Waals surface area contributed by atoms with Crippen molar-refractivity contribution in [2.24, 2.45) is 0 Å². The lowest BCUT2D eigenvalue weighted by atomic mass is 10.3. The molecule has 0 aliphatic carbocycles. The van der Waals surface area contributed by atoms with E-state index < -0.39 is 14.9 Å². The average Bonchev–Trinajstić information content (AvgIpc) is 2.17. The van der Waals surface area contributed by atoms with Crippen LogP contribution in [0.15, 0.2) is 27.6 Å². The maximum absolute atomic E-state index is 11.4. The lowest BCUT2D eigenvalue weighted by molar-refractivity contribution is -0.385. The van der Waals surface area contributed by atoms with Gasteiger partial charge in [-0.15, -0.1) is 0 Å². The number of sulfonamides is 1. The third-order valence-corrected chi connectivity index (χ3v) is 4.09. The van der Waals surface area contributed by atoms with E-state index in [1.807, 2.05) is 0 Å². The molecule has 1 aromatic rings. The van der Waals surface area contributed by atoms with Gasteiger partial charge in [0.2, 0.25) is 10.0 Å². The summed E-state index contributed by atoms with van der Waals surface area (Å²) >= 11 is 3.01. The van der Waals surface area contributed by atoms with Crippen LogP contribution in [0.5, 0.6) is 0 Å². The fourth-order valence-corrected chi connectivity index (χ4v) is 2.63. The molecule has 0 aliphatic heterocycles. The summed E-state index contributed by atoms with van der Waals surface area (Å²) < 4.78 is 25.2. The number of hydrogen-bond acceptors (Lipinski definition) is 4. The maximum atomic E-state index is 11.4. The minimum absolute atomic E-state index is 0.154. The minimum Gasteiger partial charge on any atom is -0.258 e. The molecule has 1 aromatic carbocycles. The summed E-state index contributed by atoms with van der Waals surface area (Å²) in [5, 5.41) is 10.5. The van der Waals surface area contributed by atoms with Crippen molar-refractivity contribution in [3.63, 3.8) is 0 Å². The van der Waals surface area contributed by atoms with Crippen molar-refractivity contribution in [1.29, 1.82) is 0 Å². The molecule has 0 aliphatic rings. The number of non-ortho nitro benzene ring substituents is 1. The summed E-state index contributed by atoms with van der Waals surface area (Å²) in [6.45, 7) is 0. The first-order chi connectivity index (χ1) is 6.88. The molecule has 0 saturated carbocycles. The zero-order chi connectivity index (χ0) is 11.6. The predicted octanol–water partition coefficient (Wildman–Crippen LogP) is 1.27. The summed E-state index contributed by atoms with van der Waals surface area (Å²) in [6.07, 6.45) is 0. The largest absolute Gasteiger partial charge is 0.270 e. The number of nitrogens with zero attached hydrogens (tertiary/aromatic N) is 1. The Morgan fingerprint density at radius 1 is 1.47 bits per heavy atom. The molecule has 8 heteroatoms. The molecule has 82 valence electrons. The van der Waals surface area contributed by atoms with Gasteiger partial charge in [-0.25, -0.2) is 13.1 Å². The van der Waals surface area contributed by atoms with Crippen LogP contribution in [0.4, 0.5) is 5.69 Å². The number of hydrogen-bond donors (Lipinski definition) is 1. The lowest BCUT2D eigenvalue weighted by Crippen LogP contribution is -2.19. The molecule has 1 rings (SSSR count). The summed E-state index contributed by atoms with van der Waals surface area (Å²) in [5.74, 6) is 0. The van der Waals surface area contributed by atoms with Crippen LogP contribution in [-0.2, 0) is 10.0 Å². The standard InChI is InChI=1S/C7H7BrN2O4S/c1-9-15(13,14)7-4-5(10(11)12)2-3-6(7)8/h2-4,9H,1H3. The first kappa shape index (κ1) is 12.1. The molecule has 15 heavy (non-hydrogen) atoms. The van der Waals surface area contributed by atoms with Gasteiger partial charge in [-0.1, -0.05) is 0 Å². The van der Waals surface area contributed by atoms with Gasteiger partial charge in [-0.05, 0) is 29.0 Å². The second-order valence-corrected chi connectivity index (χ2v) is 5.29. The number of benzene rings is 1. The van der Waals surface area contributed by atoms with Crippen molar-refractivity contribution in [3.05, 3.63) is 32.8 Å². The third-order valence-electron chi connectivity index (χ3n) is 1.68. The molecule has 0 bridgehead atoms. The zero-order valence-electron chi connectivity index (χ0n) is 7.60. The summed E-state index contributed by atoms with van der Waals surface area (Å²) in [7, 11) is -2.45. The molecule has 0 radical (unpaired) electrons. The molecule has 0 spiro atoms. The second kappa shape index (κ2) is 4.25. The molecule has 0 fully saturated rings. The van der Waals surface area contributed by atoms with Gasteiger partial charge in [0.15, 0.2) is 0 Å². The Kier molecular flexibility index (Phi) is 3.42. The van der Waals surface area contributed by atoms with Crippen molar-refractivity contribution in [2.45, 2.75) is 4.90 Å². The summed E-state index contributed by atoms with van der Waals surface area (Å²) in [6, 6.07) is 3.54. The molecular weight excluding hydrogens is 288 g/mol. The minimum atomic E-state index is -3.69. The molecule has 0 heterocycles. The molecule has 0 aromatic heterocycles. The van der Waals surface area contributed by atoms with Crippen LogP contribution in [0.25, 0.3) is 0 Å². The Morgan fingerprint density at radius 2 is 2.07 bits per heavy atom. The van der Waals surface area contributed by atoms with Gasteiger partial charge in [0.1, 0.15) is 4.90 Å². The van der Waals surface area contributed by atoms with Crippen LogP contribution in [0.2, 0.25) is 0 Å². The highest BCUT2D eigenvalue weighted by molar-refractivity contribution is 9.10. The molecule has 0 amide bonds. The van der Waals surface area contributed by atoms with E-state index in [4.69, 9.17) is 0 Å². The van der Waals surface area contributed by atoms with Crippen LogP contribution in [0.1, 0.15) is 0 Å². The lowest BCUT2D eigenvalue weighted by Gasteiger charge is -2.04. The van der Waals surface area contributed by atoms with E-state index in [9.17, 15) is 18.5 Å². The smallest absolute Gasteiger partial charge is 0.258 e. The number of nitro groups is 1. The highest BCUT2D eigenvalue weighted by Gasteiger charge is 2.19. The van der Waals surface area contributed by atoms with Gasteiger partial charge in [-0.3, -0.25) is 10.1 Å². The maximum Gasteiger partial charge on any atom is 0.270 e. The molecule has 0 saturated heterocycles. The van der Waals surface area contributed by atoms with Crippen LogP contribution >= 0.6 is 15.9 Å². The second-order valence-electron chi connectivity index (χ2n) is 2.58. The van der Waals surface area contributed by atoms with Crippen LogP contribution in [0.3, 0.4) is 0 Å². The van der Waals surface area contributed by atoms with Gasteiger partial charge in [0, 0.05) is 16.6 Å². The van der Waals surface area contributed by atoms with E-state index in [0.717, 1.165) is 6.07 Å². The van der Waals surface area contributed by atoms with Crippen molar-refractivity contribution < 1.29 is 13.3 Å². The van der Waals surface area contributed by atoms with E-state index in [-0.39, 0.29) is 15.1 Å². The van der Waals surface area contributed by atoms with E-state index in [1.165, 1.54) is 19.2 Å². The average molecular weight is 295 g/mol. The number of nitrogens with one attached hydrogen (secondary N) is 1. The Morgan fingerprint density at radius 3 is 2.53 bits per heavy atom. The Labute approximate surface area is 94.6 Å². The number of nitro benzene ring substituents is 1. The van der Waals surface area contributed by atoms with Crippen molar-refractivity contribution in [2.75, 3.05) is 7.05 Å². The molecule has 0 unspecified atom stereocenters. The quantitative estimate of drug-likeness (QED) is 0.671. The highest BCUT2D eigenvalue weighted by atomic mass is 79.9. The normalized spacial score (nSPS) is 11.3. The fourth-order valence-electron chi connectivity index (χ4n) is 0.922. The van der Waals surface area contributed by atoms with Crippen LogP contribution < -0.4 is 4.72 Å².